The predicted molar refractivity (Wildman–Crippen MR) is 71.6 cm³/mol. The number of carboxylic acid groups (broad SMARTS) is 1. The topological polar surface area (TPSA) is 40.5 Å². The van der Waals surface area contributed by atoms with E-state index in [0.717, 1.165) is 23.1 Å². The lowest BCUT2D eigenvalue weighted by Gasteiger charge is -2.31. The molecule has 21 heavy (non-hydrogen) atoms. The van der Waals surface area contributed by atoms with Gasteiger partial charge in [0, 0.05) is 17.7 Å². The van der Waals surface area contributed by atoms with Crippen molar-refractivity contribution in [2.75, 3.05) is 11.4 Å². The van der Waals surface area contributed by atoms with Gasteiger partial charge >= 0.3 is 12.1 Å². The molecule has 0 heterocycles. The Bertz CT molecular complexity index is 538. The summed E-state index contributed by atoms with van der Waals surface area (Å²) < 4.78 is 51.9. The van der Waals surface area contributed by atoms with Gasteiger partial charge in [-0.05, 0) is 26.0 Å². The third-order valence-corrected chi connectivity index (χ3v) is 2.68. The maximum absolute atomic E-state index is 14.0. The monoisotopic (exact) mass is 305 g/mol. The van der Waals surface area contributed by atoms with Gasteiger partial charge in [0.25, 0.3) is 0 Å². The van der Waals surface area contributed by atoms with E-state index in [1.807, 2.05) is 0 Å². The van der Waals surface area contributed by atoms with Gasteiger partial charge in [-0.1, -0.05) is 12.1 Å². The molecule has 116 valence electrons. The van der Waals surface area contributed by atoms with Crippen LogP contribution in [0.15, 0.2) is 24.3 Å². The highest BCUT2D eigenvalue weighted by molar-refractivity contribution is 5.87. The summed E-state index contributed by atoms with van der Waals surface area (Å²) >= 11 is 0. The van der Waals surface area contributed by atoms with Gasteiger partial charge in [-0.3, -0.25) is 0 Å². The highest BCUT2D eigenvalue weighted by Crippen LogP contribution is 2.30. The lowest BCUT2D eigenvalue weighted by Crippen LogP contribution is -2.40. The molecule has 0 aromatic heterocycles. The van der Waals surface area contributed by atoms with Crippen molar-refractivity contribution >= 4 is 17.7 Å². The normalized spacial score (nSPS) is 12.1. The second kappa shape index (κ2) is 6.60. The fourth-order valence-corrected chi connectivity index (χ4v) is 1.84. The standard InChI is InChI=1S/C14H15F4NO2/c1-9(2)19(8-14(16,17)18)13-10(6-7-12(20)21)4-3-5-11(13)15/h3-7,9H,8H2,1-2H3,(H,20,21)/b7-6+. The summed E-state index contributed by atoms with van der Waals surface area (Å²) in [5, 5.41) is 8.60. The fourth-order valence-electron chi connectivity index (χ4n) is 1.84. The minimum absolute atomic E-state index is 0.0790. The zero-order valence-electron chi connectivity index (χ0n) is 11.5. The molecule has 0 saturated heterocycles. The first-order chi connectivity index (χ1) is 9.61. The minimum Gasteiger partial charge on any atom is -0.478 e. The fraction of sp³-hybridized carbons (Fsp3) is 0.357. The summed E-state index contributed by atoms with van der Waals surface area (Å²) in [5.41, 5.74) is -0.183. The average molecular weight is 305 g/mol. The lowest BCUT2D eigenvalue weighted by atomic mass is 10.1. The summed E-state index contributed by atoms with van der Waals surface area (Å²) in [6.45, 7) is 1.69. The van der Waals surface area contributed by atoms with Crippen LogP contribution in [0.25, 0.3) is 6.08 Å². The number of nitrogens with zero attached hydrogens (tertiary/aromatic N) is 1. The first-order valence-electron chi connectivity index (χ1n) is 6.14. The largest absolute Gasteiger partial charge is 0.478 e. The zero-order valence-corrected chi connectivity index (χ0v) is 11.5. The number of para-hydroxylation sites is 1. The molecule has 1 rings (SSSR count). The maximum atomic E-state index is 14.0. The molecule has 0 spiro atoms. The predicted octanol–water partition coefficient (Wildman–Crippen LogP) is 3.70. The van der Waals surface area contributed by atoms with Crippen molar-refractivity contribution in [2.24, 2.45) is 0 Å². The van der Waals surface area contributed by atoms with E-state index in [4.69, 9.17) is 5.11 Å². The van der Waals surface area contributed by atoms with Crippen LogP contribution < -0.4 is 4.90 Å². The molecule has 0 fully saturated rings. The van der Waals surface area contributed by atoms with E-state index >= 15 is 0 Å². The maximum Gasteiger partial charge on any atom is 0.405 e. The summed E-state index contributed by atoms with van der Waals surface area (Å²) in [4.78, 5) is 11.4. The molecule has 1 N–H and O–H groups in total. The molecule has 0 radical (unpaired) electrons. The van der Waals surface area contributed by atoms with Crippen molar-refractivity contribution in [1.82, 2.24) is 0 Å². The summed E-state index contributed by atoms with van der Waals surface area (Å²) in [5.74, 6) is -2.10. The van der Waals surface area contributed by atoms with Crippen LogP contribution in [0.5, 0.6) is 0 Å². The molecular formula is C14H15F4NO2. The molecule has 0 unspecified atom stereocenters. The minimum atomic E-state index is -4.50. The molecule has 1 aromatic rings. The van der Waals surface area contributed by atoms with E-state index in [2.05, 4.69) is 0 Å². The van der Waals surface area contributed by atoms with Crippen LogP contribution in [0.1, 0.15) is 19.4 Å². The van der Waals surface area contributed by atoms with Crippen molar-refractivity contribution in [3.63, 3.8) is 0 Å². The van der Waals surface area contributed by atoms with Gasteiger partial charge in [-0.2, -0.15) is 13.2 Å². The number of anilines is 1. The molecule has 0 aliphatic carbocycles. The van der Waals surface area contributed by atoms with E-state index in [1.165, 1.54) is 26.0 Å². The number of alkyl halides is 3. The zero-order chi connectivity index (χ0) is 16.2. The SMILES string of the molecule is CC(C)N(CC(F)(F)F)c1c(F)cccc1/C=C/C(=O)O. The summed E-state index contributed by atoms with van der Waals surface area (Å²) in [6, 6.07) is 3.11. The Hall–Kier alpha value is -2.05. The lowest BCUT2D eigenvalue weighted by molar-refractivity contribution is -0.131. The van der Waals surface area contributed by atoms with Crippen molar-refractivity contribution in [1.29, 1.82) is 0 Å². The third kappa shape index (κ3) is 5.09. The molecule has 1 aromatic carbocycles. The van der Waals surface area contributed by atoms with Gasteiger partial charge in [0.1, 0.15) is 12.4 Å². The Morgan fingerprint density at radius 2 is 2.00 bits per heavy atom. The highest BCUT2D eigenvalue weighted by Gasteiger charge is 2.33. The van der Waals surface area contributed by atoms with Gasteiger partial charge in [-0.25, -0.2) is 9.18 Å². The number of aliphatic carboxylic acids is 1. The molecule has 7 heteroatoms. The van der Waals surface area contributed by atoms with E-state index in [1.54, 1.807) is 0 Å². The van der Waals surface area contributed by atoms with Crippen molar-refractivity contribution in [2.45, 2.75) is 26.1 Å². The first-order valence-corrected chi connectivity index (χ1v) is 6.14. The van der Waals surface area contributed by atoms with Crippen LogP contribution in [-0.2, 0) is 4.79 Å². The number of carboxylic acids is 1. The number of halogens is 4. The van der Waals surface area contributed by atoms with Gasteiger partial charge < -0.3 is 10.0 Å². The quantitative estimate of drug-likeness (QED) is 0.666. The number of hydrogen-bond acceptors (Lipinski definition) is 2. The van der Waals surface area contributed by atoms with E-state index in [9.17, 15) is 22.4 Å². The summed E-state index contributed by atoms with van der Waals surface area (Å²) in [6.07, 6.45) is -2.67. The molecular weight excluding hydrogens is 290 g/mol. The summed E-state index contributed by atoms with van der Waals surface area (Å²) in [7, 11) is 0. The molecule has 0 aliphatic heterocycles. The van der Waals surface area contributed by atoms with E-state index in [0.29, 0.717) is 0 Å². The smallest absolute Gasteiger partial charge is 0.405 e. The molecule has 0 aliphatic rings. The first kappa shape index (κ1) is 17.0. The van der Waals surface area contributed by atoms with Crippen LogP contribution in [0.3, 0.4) is 0 Å². The van der Waals surface area contributed by atoms with Crippen LogP contribution >= 0.6 is 0 Å². The molecule has 0 bridgehead atoms. The number of carbonyl (C=O) groups is 1. The second-order valence-electron chi connectivity index (χ2n) is 4.69. The Morgan fingerprint density at radius 1 is 1.38 bits per heavy atom. The Labute approximate surface area is 119 Å². The average Bonchev–Trinajstić information content (AvgIpc) is 2.32. The molecule has 0 atom stereocenters. The van der Waals surface area contributed by atoms with Crippen LogP contribution in [0.2, 0.25) is 0 Å². The molecule has 0 saturated carbocycles. The third-order valence-electron chi connectivity index (χ3n) is 2.68. The van der Waals surface area contributed by atoms with Crippen LogP contribution in [0, 0.1) is 5.82 Å². The number of rotatable bonds is 5. The van der Waals surface area contributed by atoms with Crippen molar-refractivity contribution in [3.8, 4) is 0 Å². The number of benzene rings is 1. The van der Waals surface area contributed by atoms with E-state index in [-0.39, 0.29) is 11.3 Å². The number of hydrogen-bond donors (Lipinski definition) is 1. The van der Waals surface area contributed by atoms with Crippen molar-refractivity contribution < 1.29 is 27.5 Å². The van der Waals surface area contributed by atoms with Gasteiger partial charge in [0.15, 0.2) is 0 Å². The Balaban J connectivity index is 3.32. The van der Waals surface area contributed by atoms with Crippen LogP contribution in [0.4, 0.5) is 23.2 Å². The van der Waals surface area contributed by atoms with Gasteiger partial charge in [0.2, 0.25) is 0 Å². The van der Waals surface area contributed by atoms with Crippen LogP contribution in [-0.4, -0.2) is 29.8 Å². The van der Waals surface area contributed by atoms with E-state index < -0.39 is 30.5 Å². The Kier molecular flexibility index (Phi) is 5.34. The van der Waals surface area contributed by atoms with Gasteiger partial charge in [-0.15, -0.1) is 0 Å². The van der Waals surface area contributed by atoms with Gasteiger partial charge in [0.05, 0.1) is 5.69 Å². The van der Waals surface area contributed by atoms with Crippen molar-refractivity contribution in [3.05, 3.63) is 35.7 Å². The Morgan fingerprint density at radius 3 is 2.48 bits per heavy atom. The highest BCUT2D eigenvalue weighted by atomic mass is 19.4. The molecule has 3 nitrogen and oxygen atoms in total. The molecule has 0 amide bonds. The second-order valence-corrected chi connectivity index (χ2v) is 4.69.